The standard InChI is InChI=1S/C32H37NO9S/c1-18(31(36)37)9-25(34)29-13-21-11-20(26(41-4)15-28(21)43-29)7-5-6-8-42-27-14-23(40-3)12-22-16-33(17-24(22)27)30(35)10-19(2)32(38)39/h11-15,18-19H,5-10,16-17H2,1-4H3,(H,36,37)(H,38,39)/t18-,19-/m0/s1. The van der Waals surface area contributed by atoms with E-state index in [4.69, 9.17) is 24.4 Å². The smallest absolute Gasteiger partial charge is 0.306 e. The number of carbonyl (C=O) groups excluding carboxylic acids is 2. The number of nitrogens with zero attached hydrogens (tertiary/aromatic N) is 1. The van der Waals surface area contributed by atoms with Crippen LogP contribution in [0.5, 0.6) is 17.2 Å². The van der Waals surface area contributed by atoms with Gasteiger partial charge in [0.05, 0.1) is 37.5 Å². The first-order chi connectivity index (χ1) is 20.5. The fourth-order valence-corrected chi connectivity index (χ4v) is 6.07. The number of hydrogen-bond donors (Lipinski definition) is 2. The lowest BCUT2D eigenvalue weighted by Crippen LogP contribution is -2.28. The summed E-state index contributed by atoms with van der Waals surface area (Å²) in [5.74, 6) is -1.84. The molecule has 0 spiro atoms. The van der Waals surface area contributed by atoms with Crippen molar-refractivity contribution in [3.63, 3.8) is 0 Å². The van der Waals surface area contributed by atoms with Gasteiger partial charge in [0, 0.05) is 42.3 Å². The molecule has 0 saturated carbocycles. The summed E-state index contributed by atoms with van der Waals surface area (Å²) in [6.45, 7) is 4.25. The molecule has 0 radical (unpaired) electrons. The molecule has 0 unspecified atom stereocenters. The number of benzene rings is 2. The number of ether oxygens (including phenoxy) is 3. The predicted molar refractivity (Wildman–Crippen MR) is 161 cm³/mol. The summed E-state index contributed by atoms with van der Waals surface area (Å²) in [5.41, 5.74) is 2.84. The highest BCUT2D eigenvalue weighted by atomic mass is 32.1. The van der Waals surface area contributed by atoms with Crippen LogP contribution in [-0.4, -0.2) is 59.6 Å². The number of methoxy groups -OCH3 is 2. The SMILES string of the molecule is COc1cc2c(c(OCCCCc3cc4cc(C(=O)C[C@H](C)C(=O)O)sc4cc3OC)c1)CN(C(=O)C[C@H](C)C(=O)O)C2. The van der Waals surface area contributed by atoms with Crippen molar-refractivity contribution in [2.24, 2.45) is 11.8 Å². The van der Waals surface area contributed by atoms with Crippen molar-refractivity contribution in [1.29, 1.82) is 0 Å². The van der Waals surface area contributed by atoms with E-state index < -0.39 is 23.8 Å². The summed E-state index contributed by atoms with van der Waals surface area (Å²) in [6, 6.07) is 9.47. The van der Waals surface area contributed by atoms with Gasteiger partial charge in [0.15, 0.2) is 5.78 Å². The molecule has 230 valence electrons. The maximum absolute atomic E-state index is 12.7. The first kappa shape index (κ1) is 31.8. The van der Waals surface area contributed by atoms with Gasteiger partial charge in [0.2, 0.25) is 5.91 Å². The number of fused-ring (bicyclic) bond motifs is 2. The third-order valence-electron chi connectivity index (χ3n) is 7.68. The third kappa shape index (κ3) is 7.64. The van der Waals surface area contributed by atoms with E-state index >= 15 is 0 Å². The molecule has 1 aromatic heterocycles. The lowest BCUT2D eigenvalue weighted by molar-refractivity contribution is -0.145. The molecule has 2 heterocycles. The summed E-state index contributed by atoms with van der Waals surface area (Å²) < 4.78 is 18.1. The summed E-state index contributed by atoms with van der Waals surface area (Å²) in [4.78, 5) is 49.9. The predicted octanol–water partition coefficient (Wildman–Crippen LogP) is 5.57. The van der Waals surface area contributed by atoms with Crippen LogP contribution in [0.1, 0.15) is 65.9 Å². The molecule has 1 amide bonds. The maximum atomic E-state index is 12.7. The van der Waals surface area contributed by atoms with Crippen LogP contribution in [0.4, 0.5) is 0 Å². The molecule has 1 aliphatic rings. The molecule has 0 aliphatic carbocycles. The third-order valence-corrected chi connectivity index (χ3v) is 8.82. The zero-order valence-electron chi connectivity index (χ0n) is 24.8. The van der Waals surface area contributed by atoms with Crippen LogP contribution < -0.4 is 14.2 Å². The van der Waals surface area contributed by atoms with Gasteiger partial charge in [-0.1, -0.05) is 13.8 Å². The number of thiophene rings is 1. The highest BCUT2D eigenvalue weighted by molar-refractivity contribution is 7.20. The fraction of sp³-hybridized carbons (Fsp3) is 0.438. The van der Waals surface area contributed by atoms with Crippen molar-refractivity contribution in [3.05, 3.63) is 51.9 Å². The van der Waals surface area contributed by atoms with E-state index in [1.54, 1.807) is 19.1 Å². The minimum atomic E-state index is -0.994. The molecule has 0 fully saturated rings. The van der Waals surface area contributed by atoms with Crippen LogP contribution in [0, 0.1) is 11.8 Å². The zero-order valence-corrected chi connectivity index (χ0v) is 25.6. The second-order valence-corrected chi connectivity index (χ2v) is 12.0. The molecule has 0 saturated heterocycles. The van der Waals surface area contributed by atoms with E-state index in [-0.39, 0.29) is 24.5 Å². The van der Waals surface area contributed by atoms with Crippen molar-refractivity contribution in [3.8, 4) is 17.2 Å². The minimum absolute atomic E-state index is 0.0408. The van der Waals surface area contributed by atoms with Crippen LogP contribution in [-0.2, 0) is 33.9 Å². The Bertz CT molecular complexity index is 1530. The number of ketones is 1. The van der Waals surface area contributed by atoms with Crippen LogP contribution in [0.3, 0.4) is 0 Å². The van der Waals surface area contributed by atoms with E-state index in [2.05, 4.69) is 0 Å². The highest BCUT2D eigenvalue weighted by Gasteiger charge is 2.29. The quantitative estimate of drug-likeness (QED) is 0.167. The second-order valence-electron chi connectivity index (χ2n) is 10.9. The monoisotopic (exact) mass is 611 g/mol. The maximum Gasteiger partial charge on any atom is 0.306 e. The highest BCUT2D eigenvalue weighted by Crippen LogP contribution is 2.37. The minimum Gasteiger partial charge on any atom is -0.497 e. The van der Waals surface area contributed by atoms with Crippen molar-refractivity contribution in [2.75, 3.05) is 20.8 Å². The number of aryl methyl sites for hydroxylation is 1. The van der Waals surface area contributed by atoms with Crippen molar-refractivity contribution in [1.82, 2.24) is 4.90 Å². The molecule has 4 rings (SSSR count). The first-order valence-electron chi connectivity index (χ1n) is 14.2. The summed E-state index contributed by atoms with van der Waals surface area (Å²) >= 11 is 1.34. The van der Waals surface area contributed by atoms with Crippen LogP contribution in [0.15, 0.2) is 30.3 Å². The number of hydrogen-bond acceptors (Lipinski definition) is 8. The number of amides is 1. The Balaban J connectivity index is 1.36. The van der Waals surface area contributed by atoms with E-state index in [0.717, 1.165) is 51.8 Å². The number of carbonyl (C=O) groups is 4. The van der Waals surface area contributed by atoms with Crippen molar-refractivity contribution >= 4 is 45.1 Å². The average Bonchev–Trinajstić information content (AvgIpc) is 3.60. The van der Waals surface area contributed by atoms with Gasteiger partial charge >= 0.3 is 11.9 Å². The first-order valence-corrected chi connectivity index (χ1v) is 15.0. The number of carboxylic acids is 2. The topological polar surface area (TPSA) is 140 Å². The van der Waals surface area contributed by atoms with Gasteiger partial charge in [-0.3, -0.25) is 19.2 Å². The second kappa shape index (κ2) is 13.9. The molecule has 3 aromatic rings. The van der Waals surface area contributed by atoms with Gasteiger partial charge in [-0.15, -0.1) is 11.3 Å². The Kier molecular flexibility index (Phi) is 10.3. The lowest BCUT2D eigenvalue weighted by atomic mass is 10.0. The fourth-order valence-electron chi connectivity index (χ4n) is 5.05. The van der Waals surface area contributed by atoms with Crippen LogP contribution >= 0.6 is 11.3 Å². The Labute approximate surface area is 254 Å². The van der Waals surface area contributed by atoms with Gasteiger partial charge in [-0.2, -0.15) is 0 Å². The van der Waals surface area contributed by atoms with Gasteiger partial charge < -0.3 is 29.3 Å². The molecule has 11 heteroatoms. The van der Waals surface area contributed by atoms with Crippen molar-refractivity contribution in [2.45, 2.75) is 59.0 Å². The van der Waals surface area contributed by atoms with Gasteiger partial charge in [-0.05, 0) is 60.0 Å². The summed E-state index contributed by atoms with van der Waals surface area (Å²) in [5, 5.41) is 19.2. The summed E-state index contributed by atoms with van der Waals surface area (Å²) in [7, 11) is 3.19. The molecule has 10 nitrogen and oxygen atoms in total. The Morgan fingerprint density at radius 2 is 1.60 bits per heavy atom. The lowest BCUT2D eigenvalue weighted by Gasteiger charge is -2.17. The van der Waals surface area contributed by atoms with Gasteiger partial charge in [-0.25, -0.2) is 0 Å². The molecule has 0 bridgehead atoms. The zero-order chi connectivity index (χ0) is 31.3. The molecule has 2 N–H and O–H groups in total. The number of aliphatic carboxylic acids is 2. The number of unbranched alkanes of at least 4 members (excludes halogenated alkanes) is 1. The van der Waals surface area contributed by atoms with E-state index in [1.807, 2.05) is 30.3 Å². The number of rotatable bonds is 15. The van der Waals surface area contributed by atoms with E-state index in [1.165, 1.54) is 25.2 Å². The molecule has 2 atom stereocenters. The normalized spacial score (nSPS) is 13.8. The van der Waals surface area contributed by atoms with Crippen molar-refractivity contribution < 1.29 is 43.6 Å². The van der Waals surface area contributed by atoms with E-state index in [0.29, 0.717) is 36.1 Å². The number of carboxylic acid groups (broad SMARTS) is 2. The largest absolute Gasteiger partial charge is 0.497 e. The Morgan fingerprint density at radius 3 is 2.28 bits per heavy atom. The summed E-state index contributed by atoms with van der Waals surface area (Å²) in [6.07, 6.45) is 2.21. The molecule has 43 heavy (non-hydrogen) atoms. The van der Waals surface area contributed by atoms with Crippen LogP contribution in [0.2, 0.25) is 0 Å². The molecule has 2 aromatic carbocycles. The Hall–Kier alpha value is -4.12. The number of Topliss-reactive ketones (excluding diaryl/α,β-unsaturated/α-hetero) is 1. The average molecular weight is 612 g/mol. The van der Waals surface area contributed by atoms with Gasteiger partial charge in [0.1, 0.15) is 17.2 Å². The van der Waals surface area contributed by atoms with Gasteiger partial charge in [0.25, 0.3) is 0 Å². The van der Waals surface area contributed by atoms with Crippen LogP contribution in [0.25, 0.3) is 10.1 Å². The molecular weight excluding hydrogens is 574 g/mol. The molecule has 1 aliphatic heterocycles. The Morgan fingerprint density at radius 1 is 0.884 bits per heavy atom. The molecular formula is C32H37NO9S. The van der Waals surface area contributed by atoms with E-state index in [9.17, 15) is 19.2 Å².